The number of carbonyl (C=O) groups is 2. The maximum absolute atomic E-state index is 11.7. The summed E-state index contributed by atoms with van der Waals surface area (Å²) >= 11 is 1.20. The highest BCUT2D eigenvalue weighted by Crippen LogP contribution is 2.23. The summed E-state index contributed by atoms with van der Waals surface area (Å²) in [6.07, 6.45) is 7.87. The molecular formula is C14H18N2O3S. The summed E-state index contributed by atoms with van der Waals surface area (Å²) in [5.74, 6) is -1.03. The Morgan fingerprint density at radius 1 is 1.35 bits per heavy atom. The smallest absolute Gasteiger partial charge is 0.338 e. The third-order valence-corrected chi connectivity index (χ3v) is 4.07. The number of urea groups is 1. The fourth-order valence-corrected chi connectivity index (χ4v) is 2.96. The number of anilines is 1. The largest absolute Gasteiger partial charge is 0.478 e. The lowest BCUT2D eigenvalue weighted by atomic mass is 9.97. The van der Waals surface area contributed by atoms with E-state index in [0.717, 1.165) is 19.3 Å². The van der Waals surface area contributed by atoms with Crippen LogP contribution in [0.2, 0.25) is 0 Å². The zero-order valence-corrected chi connectivity index (χ0v) is 12.0. The zero-order valence-electron chi connectivity index (χ0n) is 11.1. The topological polar surface area (TPSA) is 78.4 Å². The minimum absolute atomic E-state index is 0.125. The third-order valence-electron chi connectivity index (χ3n) is 3.24. The van der Waals surface area contributed by atoms with Gasteiger partial charge >= 0.3 is 12.0 Å². The van der Waals surface area contributed by atoms with Gasteiger partial charge in [-0.1, -0.05) is 11.6 Å². The Morgan fingerprint density at radius 3 is 2.90 bits per heavy atom. The lowest BCUT2D eigenvalue weighted by molar-refractivity contribution is 0.0698. The zero-order chi connectivity index (χ0) is 14.4. The van der Waals surface area contributed by atoms with Crippen molar-refractivity contribution >= 4 is 28.3 Å². The minimum atomic E-state index is -1.03. The van der Waals surface area contributed by atoms with Crippen LogP contribution >= 0.6 is 11.3 Å². The Balaban J connectivity index is 1.76. The molecule has 2 amide bonds. The van der Waals surface area contributed by atoms with Crippen molar-refractivity contribution in [2.75, 3.05) is 11.9 Å². The van der Waals surface area contributed by atoms with Crippen LogP contribution in [0, 0.1) is 0 Å². The summed E-state index contributed by atoms with van der Waals surface area (Å²) < 4.78 is 0. The lowest BCUT2D eigenvalue weighted by Gasteiger charge is -2.13. The van der Waals surface area contributed by atoms with Gasteiger partial charge in [-0.25, -0.2) is 9.59 Å². The van der Waals surface area contributed by atoms with Gasteiger partial charge in [-0.15, -0.1) is 11.3 Å². The number of aromatic carboxylic acids is 1. The first-order chi connectivity index (χ1) is 9.66. The van der Waals surface area contributed by atoms with Gasteiger partial charge in [0, 0.05) is 6.54 Å². The second-order valence-electron chi connectivity index (χ2n) is 4.71. The molecule has 0 bridgehead atoms. The van der Waals surface area contributed by atoms with Crippen molar-refractivity contribution in [2.45, 2.75) is 32.1 Å². The normalized spacial score (nSPS) is 14.5. The average Bonchev–Trinajstić information content (AvgIpc) is 2.88. The van der Waals surface area contributed by atoms with Gasteiger partial charge < -0.3 is 10.4 Å². The fourth-order valence-electron chi connectivity index (χ4n) is 2.19. The van der Waals surface area contributed by atoms with Gasteiger partial charge in [0.2, 0.25) is 0 Å². The molecule has 20 heavy (non-hydrogen) atoms. The van der Waals surface area contributed by atoms with Crippen LogP contribution < -0.4 is 10.6 Å². The molecule has 108 valence electrons. The molecule has 0 aromatic carbocycles. The number of carbonyl (C=O) groups excluding carboxylic acids is 1. The third kappa shape index (κ3) is 4.09. The van der Waals surface area contributed by atoms with Crippen LogP contribution in [-0.2, 0) is 0 Å². The van der Waals surface area contributed by atoms with Crippen LogP contribution in [0.4, 0.5) is 9.80 Å². The van der Waals surface area contributed by atoms with Crippen LogP contribution in [0.1, 0.15) is 42.5 Å². The molecule has 1 heterocycles. The number of hydrogen-bond acceptors (Lipinski definition) is 3. The number of hydrogen-bond donors (Lipinski definition) is 3. The Bertz CT molecular complexity index is 522. The highest BCUT2D eigenvalue weighted by Gasteiger charge is 2.13. The maximum Gasteiger partial charge on any atom is 0.338 e. The number of amides is 2. The first-order valence-electron chi connectivity index (χ1n) is 6.70. The molecule has 0 unspecified atom stereocenters. The Kier molecular flexibility index (Phi) is 5.17. The first kappa shape index (κ1) is 14.6. The monoisotopic (exact) mass is 294 g/mol. The fraction of sp³-hybridized carbons (Fsp3) is 0.429. The summed E-state index contributed by atoms with van der Waals surface area (Å²) in [6, 6.07) is 1.13. The van der Waals surface area contributed by atoms with Crippen molar-refractivity contribution in [2.24, 2.45) is 0 Å². The van der Waals surface area contributed by atoms with Crippen LogP contribution in [0.15, 0.2) is 23.1 Å². The molecule has 0 fully saturated rings. The first-order valence-corrected chi connectivity index (χ1v) is 7.58. The molecule has 5 nitrogen and oxygen atoms in total. The van der Waals surface area contributed by atoms with Crippen LogP contribution in [0.3, 0.4) is 0 Å². The molecule has 6 heteroatoms. The van der Waals surface area contributed by atoms with Gasteiger partial charge in [0.25, 0.3) is 0 Å². The molecular weight excluding hydrogens is 276 g/mol. The molecule has 0 saturated carbocycles. The lowest BCUT2D eigenvalue weighted by Crippen LogP contribution is -2.30. The quantitative estimate of drug-likeness (QED) is 0.728. The van der Waals surface area contributed by atoms with E-state index in [-0.39, 0.29) is 11.6 Å². The maximum atomic E-state index is 11.7. The number of carboxylic acids is 1. The van der Waals surface area contributed by atoms with E-state index in [2.05, 4.69) is 16.7 Å². The predicted octanol–water partition coefficient (Wildman–Crippen LogP) is 3.46. The Hall–Kier alpha value is -1.82. The molecule has 1 aliphatic rings. The van der Waals surface area contributed by atoms with Gasteiger partial charge in [-0.05, 0) is 43.6 Å². The van der Waals surface area contributed by atoms with Gasteiger partial charge in [0.1, 0.15) is 5.00 Å². The average molecular weight is 294 g/mol. The molecule has 1 aliphatic carbocycles. The molecule has 0 aliphatic heterocycles. The highest BCUT2D eigenvalue weighted by molar-refractivity contribution is 7.14. The van der Waals surface area contributed by atoms with Crippen molar-refractivity contribution < 1.29 is 14.7 Å². The summed E-state index contributed by atoms with van der Waals surface area (Å²) in [5, 5.41) is 16.3. The number of carboxylic acid groups (broad SMARTS) is 1. The second-order valence-corrected chi connectivity index (χ2v) is 5.62. The summed E-state index contributed by atoms with van der Waals surface area (Å²) in [4.78, 5) is 22.6. The number of rotatable bonds is 5. The van der Waals surface area contributed by atoms with Crippen molar-refractivity contribution in [3.05, 3.63) is 28.7 Å². The van der Waals surface area contributed by atoms with Crippen molar-refractivity contribution in [1.29, 1.82) is 0 Å². The minimum Gasteiger partial charge on any atom is -0.478 e. The number of nitrogens with one attached hydrogen (secondary N) is 2. The summed E-state index contributed by atoms with van der Waals surface area (Å²) in [7, 11) is 0. The van der Waals surface area contributed by atoms with Gasteiger partial charge in [0.05, 0.1) is 5.56 Å². The molecule has 1 aromatic heterocycles. The summed E-state index contributed by atoms with van der Waals surface area (Å²) in [6.45, 7) is 0.575. The standard InChI is InChI=1S/C14H18N2O3S/c17-13(18)11-7-9-20-12(11)16-14(19)15-8-6-10-4-2-1-3-5-10/h4,7,9H,1-3,5-6,8H2,(H,17,18)(H2,15,16,19). The SMILES string of the molecule is O=C(NCCC1=CCCCC1)Nc1sccc1C(=O)O. The molecule has 0 saturated heterocycles. The Morgan fingerprint density at radius 2 is 2.20 bits per heavy atom. The molecule has 0 atom stereocenters. The molecule has 3 N–H and O–H groups in total. The van der Waals surface area contributed by atoms with Crippen molar-refractivity contribution in [3.63, 3.8) is 0 Å². The predicted molar refractivity (Wildman–Crippen MR) is 79.5 cm³/mol. The van der Waals surface area contributed by atoms with E-state index in [4.69, 9.17) is 5.11 Å². The van der Waals surface area contributed by atoms with Crippen LogP contribution in [0.25, 0.3) is 0 Å². The molecule has 2 rings (SSSR count). The highest BCUT2D eigenvalue weighted by atomic mass is 32.1. The van der Waals surface area contributed by atoms with Gasteiger partial charge in [0.15, 0.2) is 0 Å². The molecule has 0 radical (unpaired) electrons. The molecule has 0 spiro atoms. The number of allylic oxidation sites excluding steroid dienone is 1. The van der Waals surface area contributed by atoms with E-state index in [1.54, 1.807) is 5.38 Å². The van der Waals surface area contributed by atoms with E-state index in [0.29, 0.717) is 11.5 Å². The van der Waals surface area contributed by atoms with Crippen molar-refractivity contribution in [1.82, 2.24) is 5.32 Å². The van der Waals surface area contributed by atoms with Crippen molar-refractivity contribution in [3.8, 4) is 0 Å². The van der Waals surface area contributed by atoms with E-state index >= 15 is 0 Å². The van der Waals surface area contributed by atoms with Crippen LogP contribution in [-0.4, -0.2) is 23.7 Å². The van der Waals surface area contributed by atoms with Crippen LogP contribution in [0.5, 0.6) is 0 Å². The van der Waals surface area contributed by atoms with E-state index in [1.807, 2.05) is 0 Å². The van der Waals surface area contributed by atoms with Gasteiger partial charge in [-0.2, -0.15) is 0 Å². The van der Waals surface area contributed by atoms with Gasteiger partial charge in [-0.3, -0.25) is 5.32 Å². The number of thiophene rings is 1. The Labute approximate surface area is 121 Å². The molecule has 1 aromatic rings. The van der Waals surface area contributed by atoms with E-state index in [1.165, 1.54) is 35.8 Å². The van der Waals surface area contributed by atoms with E-state index < -0.39 is 5.97 Å². The second kappa shape index (κ2) is 7.09. The summed E-state index contributed by atoms with van der Waals surface area (Å²) in [5.41, 5.74) is 1.53. The van der Waals surface area contributed by atoms with E-state index in [9.17, 15) is 9.59 Å².